The molecule has 2 aromatic heterocycles. The fraction of sp³-hybridized carbons (Fsp3) is 0.167. The van der Waals surface area contributed by atoms with Crippen molar-refractivity contribution in [2.24, 2.45) is 0 Å². The van der Waals surface area contributed by atoms with Gasteiger partial charge in [0.25, 0.3) is 0 Å². The van der Waals surface area contributed by atoms with Crippen LogP contribution in [0.5, 0.6) is 11.5 Å². The lowest BCUT2D eigenvalue weighted by molar-refractivity contribution is 0.411. The average molecular weight is 398 g/mol. The van der Waals surface area contributed by atoms with Crippen molar-refractivity contribution in [3.63, 3.8) is 0 Å². The summed E-state index contributed by atoms with van der Waals surface area (Å²) < 4.78 is 11.0. The van der Waals surface area contributed by atoms with Crippen LogP contribution < -0.4 is 9.47 Å². The second kappa shape index (κ2) is 7.22. The van der Waals surface area contributed by atoms with E-state index >= 15 is 0 Å². The van der Waals surface area contributed by atoms with Gasteiger partial charge in [0.05, 0.1) is 14.2 Å². The Kier molecular flexibility index (Phi) is 4.39. The van der Waals surface area contributed by atoms with E-state index in [4.69, 9.17) is 9.47 Å². The molecular formula is C24H22N4O2. The fourth-order valence-electron chi connectivity index (χ4n) is 4.20. The van der Waals surface area contributed by atoms with Gasteiger partial charge >= 0.3 is 0 Å². The van der Waals surface area contributed by atoms with Crippen LogP contribution in [0.15, 0.2) is 67.0 Å². The van der Waals surface area contributed by atoms with Crippen molar-refractivity contribution in [3.05, 3.63) is 89.4 Å². The first-order valence-electron chi connectivity index (χ1n) is 9.79. The second-order valence-electron chi connectivity index (χ2n) is 7.35. The number of hydrogen-bond acceptors (Lipinski definition) is 4. The van der Waals surface area contributed by atoms with Gasteiger partial charge in [0.1, 0.15) is 17.2 Å². The number of allylic oxidation sites excluding steroid dienone is 1. The molecule has 6 heteroatoms. The molecule has 0 aliphatic heterocycles. The first kappa shape index (κ1) is 18.2. The quantitative estimate of drug-likeness (QED) is 0.523. The van der Waals surface area contributed by atoms with E-state index in [-0.39, 0.29) is 5.41 Å². The summed E-state index contributed by atoms with van der Waals surface area (Å²) in [5.41, 5.74) is 4.86. The molecule has 30 heavy (non-hydrogen) atoms. The predicted molar refractivity (Wildman–Crippen MR) is 116 cm³/mol. The van der Waals surface area contributed by atoms with Gasteiger partial charge in [-0.25, -0.2) is 4.98 Å². The molecule has 1 aliphatic carbocycles. The summed E-state index contributed by atoms with van der Waals surface area (Å²) in [6, 6.07) is 16.5. The Morgan fingerprint density at radius 2 is 1.67 bits per heavy atom. The molecule has 5 rings (SSSR count). The Morgan fingerprint density at radius 3 is 2.27 bits per heavy atom. The van der Waals surface area contributed by atoms with Gasteiger partial charge in [-0.3, -0.25) is 5.10 Å². The SMILES string of the molecule is COc1cccc(C2(c3cccc(OC)c3)C=Cc3c(-c4ncc[nH]4)n[nH]c3C2)c1. The zero-order chi connectivity index (χ0) is 20.6. The van der Waals surface area contributed by atoms with Crippen LogP contribution >= 0.6 is 0 Å². The third-order valence-electron chi connectivity index (χ3n) is 5.77. The summed E-state index contributed by atoms with van der Waals surface area (Å²) in [6.45, 7) is 0. The van der Waals surface area contributed by atoms with E-state index in [1.807, 2.05) is 24.3 Å². The largest absolute Gasteiger partial charge is 0.497 e. The lowest BCUT2D eigenvalue weighted by atomic mass is 9.68. The summed E-state index contributed by atoms with van der Waals surface area (Å²) in [6.07, 6.45) is 8.66. The van der Waals surface area contributed by atoms with E-state index in [1.165, 1.54) is 0 Å². The molecule has 0 radical (unpaired) electrons. The van der Waals surface area contributed by atoms with Crippen LogP contribution in [-0.2, 0) is 11.8 Å². The highest BCUT2D eigenvalue weighted by molar-refractivity contribution is 5.73. The van der Waals surface area contributed by atoms with E-state index in [0.29, 0.717) is 0 Å². The number of fused-ring (bicyclic) bond motifs is 1. The van der Waals surface area contributed by atoms with Crippen molar-refractivity contribution in [1.29, 1.82) is 0 Å². The molecule has 0 fully saturated rings. The molecule has 0 spiro atoms. The monoisotopic (exact) mass is 398 g/mol. The third-order valence-corrected chi connectivity index (χ3v) is 5.77. The molecular weight excluding hydrogens is 376 g/mol. The number of benzene rings is 2. The van der Waals surface area contributed by atoms with Crippen LogP contribution in [0.4, 0.5) is 0 Å². The summed E-state index contributed by atoms with van der Waals surface area (Å²) in [4.78, 5) is 7.50. The van der Waals surface area contributed by atoms with Crippen LogP contribution in [0.25, 0.3) is 17.6 Å². The van der Waals surface area contributed by atoms with E-state index < -0.39 is 0 Å². The molecule has 2 aromatic carbocycles. The van der Waals surface area contributed by atoms with Crippen LogP contribution in [0, 0.1) is 0 Å². The molecule has 2 heterocycles. The summed E-state index contributed by atoms with van der Waals surface area (Å²) >= 11 is 0. The number of aromatic nitrogens is 4. The second-order valence-corrected chi connectivity index (χ2v) is 7.35. The minimum Gasteiger partial charge on any atom is -0.497 e. The van der Waals surface area contributed by atoms with Crippen LogP contribution in [-0.4, -0.2) is 34.4 Å². The number of imidazole rings is 1. The first-order chi connectivity index (χ1) is 14.7. The van der Waals surface area contributed by atoms with Crippen molar-refractivity contribution >= 4 is 6.08 Å². The van der Waals surface area contributed by atoms with Crippen molar-refractivity contribution in [1.82, 2.24) is 20.2 Å². The fourth-order valence-corrected chi connectivity index (χ4v) is 4.20. The number of H-pyrrole nitrogens is 2. The summed E-state index contributed by atoms with van der Waals surface area (Å²) in [7, 11) is 3.38. The number of nitrogens with zero attached hydrogens (tertiary/aromatic N) is 2. The van der Waals surface area contributed by atoms with E-state index in [0.717, 1.165) is 51.8 Å². The highest BCUT2D eigenvalue weighted by atomic mass is 16.5. The third kappa shape index (κ3) is 2.88. The van der Waals surface area contributed by atoms with Gasteiger partial charge in [-0.2, -0.15) is 5.10 Å². The molecule has 0 bridgehead atoms. The normalized spacial score (nSPS) is 14.3. The van der Waals surface area contributed by atoms with Crippen molar-refractivity contribution in [2.45, 2.75) is 11.8 Å². The minimum atomic E-state index is -0.386. The van der Waals surface area contributed by atoms with Gasteiger partial charge in [0.15, 0.2) is 5.82 Å². The van der Waals surface area contributed by atoms with Crippen LogP contribution in [0.1, 0.15) is 22.4 Å². The van der Waals surface area contributed by atoms with E-state index in [9.17, 15) is 0 Å². The number of ether oxygens (including phenoxy) is 2. The lowest BCUT2D eigenvalue weighted by Gasteiger charge is -2.35. The zero-order valence-corrected chi connectivity index (χ0v) is 16.8. The summed E-state index contributed by atoms with van der Waals surface area (Å²) in [5, 5.41) is 7.78. The molecule has 2 N–H and O–H groups in total. The van der Waals surface area contributed by atoms with Crippen molar-refractivity contribution in [2.75, 3.05) is 14.2 Å². The summed E-state index contributed by atoms with van der Waals surface area (Å²) in [5.74, 6) is 2.41. The zero-order valence-electron chi connectivity index (χ0n) is 16.8. The number of rotatable bonds is 5. The van der Waals surface area contributed by atoms with Crippen LogP contribution in [0.2, 0.25) is 0 Å². The van der Waals surface area contributed by atoms with Crippen molar-refractivity contribution in [3.8, 4) is 23.0 Å². The Hall–Kier alpha value is -3.80. The van der Waals surface area contributed by atoms with Gasteiger partial charge in [-0.15, -0.1) is 0 Å². The van der Waals surface area contributed by atoms with E-state index in [1.54, 1.807) is 26.6 Å². The average Bonchev–Trinajstić information content (AvgIpc) is 3.48. The molecule has 0 atom stereocenters. The van der Waals surface area contributed by atoms with Gasteiger partial charge in [-0.1, -0.05) is 36.4 Å². The number of methoxy groups -OCH3 is 2. The highest BCUT2D eigenvalue weighted by Gasteiger charge is 2.37. The molecule has 0 saturated heterocycles. The molecule has 4 aromatic rings. The highest BCUT2D eigenvalue weighted by Crippen LogP contribution is 2.44. The van der Waals surface area contributed by atoms with Gasteiger partial charge < -0.3 is 14.5 Å². The Morgan fingerprint density at radius 1 is 0.967 bits per heavy atom. The Bertz CT molecular complexity index is 1160. The minimum absolute atomic E-state index is 0.386. The van der Waals surface area contributed by atoms with Crippen molar-refractivity contribution < 1.29 is 9.47 Å². The maximum absolute atomic E-state index is 5.51. The number of aromatic amines is 2. The maximum atomic E-state index is 5.51. The Balaban J connectivity index is 1.68. The molecule has 150 valence electrons. The molecule has 6 nitrogen and oxygen atoms in total. The smallest absolute Gasteiger partial charge is 0.158 e. The van der Waals surface area contributed by atoms with Gasteiger partial charge in [0.2, 0.25) is 0 Å². The Labute approximate surface area is 174 Å². The molecule has 1 aliphatic rings. The van der Waals surface area contributed by atoms with Crippen LogP contribution in [0.3, 0.4) is 0 Å². The van der Waals surface area contributed by atoms with E-state index in [2.05, 4.69) is 56.6 Å². The van der Waals surface area contributed by atoms with Gasteiger partial charge in [-0.05, 0) is 35.4 Å². The first-order valence-corrected chi connectivity index (χ1v) is 9.79. The molecule has 0 saturated carbocycles. The topological polar surface area (TPSA) is 75.8 Å². The lowest BCUT2D eigenvalue weighted by Crippen LogP contribution is -2.30. The van der Waals surface area contributed by atoms with Gasteiger partial charge in [0, 0.05) is 35.5 Å². The number of hydrogen-bond donors (Lipinski definition) is 2. The molecule has 0 amide bonds. The number of nitrogens with one attached hydrogen (secondary N) is 2. The predicted octanol–water partition coefficient (Wildman–Crippen LogP) is 4.37. The standard InChI is InChI=1S/C24H22N4O2/c1-29-18-7-3-5-16(13-18)24(17-6-4-8-19(14-17)30-2)10-9-20-21(15-24)27-28-22(20)23-25-11-12-26-23/h3-14H,15H2,1-2H3,(H,25,26)(H,27,28). The molecule has 0 unspecified atom stereocenters. The maximum Gasteiger partial charge on any atom is 0.158 e.